The van der Waals surface area contributed by atoms with Crippen molar-refractivity contribution in [2.45, 2.75) is 65.4 Å². The fourth-order valence-corrected chi connectivity index (χ4v) is 6.80. The summed E-state index contributed by atoms with van der Waals surface area (Å²) in [6, 6.07) is 0. The minimum Gasteiger partial charge on any atom is -0.501 e. The zero-order valence-electron chi connectivity index (χ0n) is 15.1. The second-order valence-corrected chi connectivity index (χ2v) is 9.06. The van der Waals surface area contributed by atoms with E-state index in [4.69, 9.17) is 4.74 Å². The van der Waals surface area contributed by atoms with E-state index in [1.54, 1.807) is 18.3 Å². The minimum atomic E-state index is -0.0950. The summed E-state index contributed by atoms with van der Waals surface area (Å²) in [5.74, 6) is 4.64. The van der Waals surface area contributed by atoms with Crippen LogP contribution in [0.3, 0.4) is 0 Å². The van der Waals surface area contributed by atoms with Crippen LogP contribution in [0, 0.1) is 35.0 Å². The molecule has 0 aromatic carbocycles. The van der Waals surface area contributed by atoms with Gasteiger partial charge in [0.1, 0.15) is 0 Å². The molecule has 0 aromatic heterocycles. The second-order valence-electron chi connectivity index (χ2n) is 9.06. The first-order valence-electron chi connectivity index (χ1n) is 9.57. The van der Waals surface area contributed by atoms with Gasteiger partial charge in [-0.15, -0.1) is 0 Å². The molecule has 4 aliphatic carbocycles. The molecule has 0 amide bonds. The molecular weight excluding hydrogens is 284 g/mol. The number of ether oxygens (including phenoxy) is 1. The zero-order chi connectivity index (χ0) is 16.4. The van der Waals surface area contributed by atoms with Gasteiger partial charge in [0.2, 0.25) is 0 Å². The number of methoxy groups -OCH3 is 1. The number of rotatable bonds is 1. The number of hydrogen-bond donors (Lipinski definition) is 1. The van der Waals surface area contributed by atoms with Crippen molar-refractivity contribution in [2.75, 3.05) is 7.11 Å². The summed E-state index contributed by atoms with van der Waals surface area (Å²) in [6.45, 7) is 7.10. The summed E-state index contributed by atoms with van der Waals surface area (Å²) in [6.07, 6.45) is 9.32. The normalized spacial score (nSPS) is 49.2. The van der Waals surface area contributed by atoms with E-state index < -0.39 is 0 Å². The Hall–Kier alpha value is -0.760. The number of aliphatic hydroxyl groups is 1. The molecule has 4 rings (SSSR count). The zero-order valence-corrected chi connectivity index (χ0v) is 15.1. The molecule has 0 saturated heterocycles. The molecule has 0 spiro atoms. The Morgan fingerprint density at radius 1 is 1.26 bits per heavy atom. The van der Waals surface area contributed by atoms with Crippen LogP contribution >= 0.6 is 0 Å². The lowest BCUT2D eigenvalue weighted by molar-refractivity contribution is -0.0508. The molecule has 0 aliphatic heterocycles. The van der Waals surface area contributed by atoms with Gasteiger partial charge in [-0.3, -0.25) is 0 Å². The first-order chi connectivity index (χ1) is 11.0. The standard InChI is InChI=1S/C21H32O2/c1-12-9-14-11-15(23-4)5-6-16(14)17-7-8-21(3)18(19(12)17)10-13(2)20(21)22/h5,12-13,17-20,22H,6-11H2,1-4H3/t12-,13+,17-,18-,19-,20-,21+/m1/s1. The number of hydrogen-bond acceptors (Lipinski definition) is 2. The van der Waals surface area contributed by atoms with E-state index in [0.29, 0.717) is 11.8 Å². The van der Waals surface area contributed by atoms with Gasteiger partial charge in [-0.2, -0.15) is 0 Å². The van der Waals surface area contributed by atoms with Crippen LogP contribution in [-0.2, 0) is 4.74 Å². The van der Waals surface area contributed by atoms with Crippen LogP contribution in [0.15, 0.2) is 23.0 Å². The van der Waals surface area contributed by atoms with E-state index in [9.17, 15) is 5.11 Å². The second kappa shape index (κ2) is 5.37. The summed E-state index contributed by atoms with van der Waals surface area (Å²) >= 11 is 0. The highest BCUT2D eigenvalue weighted by atomic mass is 16.5. The molecule has 7 atom stereocenters. The van der Waals surface area contributed by atoms with Crippen LogP contribution in [-0.4, -0.2) is 18.3 Å². The van der Waals surface area contributed by atoms with Gasteiger partial charge in [-0.05, 0) is 73.2 Å². The summed E-state index contributed by atoms with van der Waals surface area (Å²) in [5, 5.41) is 10.8. The fourth-order valence-electron chi connectivity index (χ4n) is 6.80. The molecule has 23 heavy (non-hydrogen) atoms. The number of allylic oxidation sites excluding steroid dienone is 3. The highest BCUT2D eigenvalue weighted by molar-refractivity contribution is 5.33. The van der Waals surface area contributed by atoms with Gasteiger partial charge in [-0.1, -0.05) is 31.9 Å². The van der Waals surface area contributed by atoms with Gasteiger partial charge in [0.15, 0.2) is 0 Å². The van der Waals surface area contributed by atoms with Crippen molar-refractivity contribution in [3.8, 4) is 0 Å². The van der Waals surface area contributed by atoms with Crippen molar-refractivity contribution in [1.82, 2.24) is 0 Å². The van der Waals surface area contributed by atoms with Gasteiger partial charge in [0.05, 0.1) is 19.0 Å². The molecular formula is C21H32O2. The Labute approximate surface area is 141 Å². The number of aliphatic hydroxyl groups excluding tert-OH is 1. The minimum absolute atomic E-state index is 0.0950. The first kappa shape index (κ1) is 15.7. The summed E-state index contributed by atoms with van der Waals surface area (Å²) in [5.41, 5.74) is 3.58. The average Bonchev–Trinajstić information content (AvgIpc) is 2.77. The van der Waals surface area contributed by atoms with Crippen LogP contribution in [0.5, 0.6) is 0 Å². The summed E-state index contributed by atoms with van der Waals surface area (Å²) in [7, 11) is 1.81. The quantitative estimate of drug-likeness (QED) is 0.711. The van der Waals surface area contributed by atoms with E-state index in [1.165, 1.54) is 31.4 Å². The average molecular weight is 316 g/mol. The molecule has 0 aromatic rings. The van der Waals surface area contributed by atoms with E-state index in [2.05, 4.69) is 26.8 Å². The molecule has 0 bridgehead atoms. The number of fused-ring (bicyclic) bond motifs is 4. The molecule has 0 unspecified atom stereocenters. The van der Waals surface area contributed by atoms with Crippen LogP contribution in [0.1, 0.15) is 59.3 Å². The third-order valence-corrected chi connectivity index (χ3v) is 7.94. The Morgan fingerprint density at radius 2 is 2.04 bits per heavy atom. The van der Waals surface area contributed by atoms with Crippen LogP contribution in [0.4, 0.5) is 0 Å². The summed E-state index contributed by atoms with van der Waals surface area (Å²) < 4.78 is 5.52. The maximum Gasteiger partial charge on any atom is 0.0959 e. The van der Waals surface area contributed by atoms with Crippen molar-refractivity contribution < 1.29 is 9.84 Å². The maximum absolute atomic E-state index is 10.8. The molecule has 2 heteroatoms. The van der Waals surface area contributed by atoms with Gasteiger partial charge >= 0.3 is 0 Å². The Bertz CT molecular complexity index is 560. The van der Waals surface area contributed by atoms with E-state index in [-0.39, 0.29) is 11.5 Å². The van der Waals surface area contributed by atoms with Crippen molar-refractivity contribution >= 4 is 0 Å². The Morgan fingerprint density at radius 3 is 2.78 bits per heavy atom. The van der Waals surface area contributed by atoms with E-state index in [1.807, 2.05) is 0 Å². The van der Waals surface area contributed by atoms with Gasteiger partial charge in [-0.25, -0.2) is 0 Å². The molecule has 4 aliphatic rings. The van der Waals surface area contributed by atoms with E-state index >= 15 is 0 Å². The largest absolute Gasteiger partial charge is 0.501 e. The Kier molecular flexibility index (Phi) is 3.68. The molecule has 128 valence electrons. The SMILES string of the molecule is COC1=CCC2=C(C1)C[C@@H](C)[C@@H]1[C@@H]2CC[C@]2(C)[C@H](O)[C@@H](C)C[C@H]12. The van der Waals surface area contributed by atoms with Crippen LogP contribution in [0.25, 0.3) is 0 Å². The molecule has 1 N–H and O–H groups in total. The predicted octanol–water partition coefficient (Wildman–Crippen LogP) is 4.70. The molecule has 0 radical (unpaired) electrons. The van der Waals surface area contributed by atoms with Crippen molar-refractivity contribution in [2.24, 2.45) is 35.0 Å². The Balaban J connectivity index is 1.66. The lowest BCUT2D eigenvalue weighted by Gasteiger charge is -2.53. The first-order valence-corrected chi connectivity index (χ1v) is 9.57. The maximum atomic E-state index is 10.8. The highest BCUT2D eigenvalue weighted by Crippen LogP contribution is 2.63. The van der Waals surface area contributed by atoms with Crippen molar-refractivity contribution in [3.63, 3.8) is 0 Å². The lowest BCUT2D eigenvalue weighted by Crippen LogP contribution is -2.47. The van der Waals surface area contributed by atoms with Crippen molar-refractivity contribution in [1.29, 1.82) is 0 Å². The monoisotopic (exact) mass is 316 g/mol. The highest BCUT2D eigenvalue weighted by Gasteiger charge is 2.58. The topological polar surface area (TPSA) is 29.5 Å². The lowest BCUT2D eigenvalue weighted by atomic mass is 9.52. The molecule has 2 nitrogen and oxygen atoms in total. The van der Waals surface area contributed by atoms with Gasteiger partial charge in [0.25, 0.3) is 0 Å². The predicted molar refractivity (Wildman–Crippen MR) is 92.7 cm³/mol. The third-order valence-electron chi connectivity index (χ3n) is 7.94. The van der Waals surface area contributed by atoms with Gasteiger partial charge in [0, 0.05) is 6.42 Å². The van der Waals surface area contributed by atoms with Crippen molar-refractivity contribution in [3.05, 3.63) is 23.0 Å². The molecule has 0 heterocycles. The molecule has 2 saturated carbocycles. The van der Waals surface area contributed by atoms with Gasteiger partial charge < -0.3 is 9.84 Å². The molecule has 2 fully saturated rings. The van der Waals surface area contributed by atoms with Crippen LogP contribution < -0.4 is 0 Å². The smallest absolute Gasteiger partial charge is 0.0959 e. The van der Waals surface area contributed by atoms with Crippen LogP contribution in [0.2, 0.25) is 0 Å². The fraction of sp³-hybridized carbons (Fsp3) is 0.810. The van der Waals surface area contributed by atoms with E-state index in [0.717, 1.165) is 30.6 Å². The third kappa shape index (κ3) is 2.17. The summed E-state index contributed by atoms with van der Waals surface area (Å²) in [4.78, 5) is 0.